The first kappa shape index (κ1) is 12.7. The van der Waals surface area contributed by atoms with E-state index in [0.717, 1.165) is 18.9 Å². The number of piperidine rings is 1. The Bertz CT molecular complexity index is 201. The Morgan fingerprint density at radius 1 is 1.47 bits per heavy atom. The van der Waals surface area contributed by atoms with E-state index in [1.807, 2.05) is 0 Å². The Balaban J connectivity index is 2.21. The molecule has 0 aromatic heterocycles. The molecule has 15 heavy (non-hydrogen) atoms. The van der Waals surface area contributed by atoms with E-state index in [1.165, 1.54) is 32.4 Å². The molecule has 2 heteroatoms. The van der Waals surface area contributed by atoms with E-state index >= 15 is 0 Å². The first-order valence-electron chi connectivity index (χ1n) is 6.32. The molecule has 1 fully saturated rings. The Kier molecular flexibility index (Phi) is 5.30. The number of rotatable bonds is 5. The average molecular weight is 211 g/mol. The lowest BCUT2D eigenvalue weighted by molar-refractivity contribution is -0.122. The smallest absolute Gasteiger partial charge is 0.134 e. The zero-order chi connectivity index (χ0) is 11.3. The lowest BCUT2D eigenvalue weighted by Gasteiger charge is -2.31. The topological polar surface area (TPSA) is 20.3 Å². The lowest BCUT2D eigenvalue weighted by Crippen LogP contribution is -2.38. The quantitative estimate of drug-likeness (QED) is 0.697. The van der Waals surface area contributed by atoms with E-state index in [-0.39, 0.29) is 0 Å². The number of carbonyl (C=O) groups excluding carboxylic acids is 1. The van der Waals surface area contributed by atoms with E-state index in [2.05, 4.69) is 18.7 Å². The number of ketones is 1. The Labute approximate surface area is 94.0 Å². The molecule has 88 valence electrons. The molecule has 0 amide bonds. The van der Waals surface area contributed by atoms with Crippen LogP contribution in [0.4, 0.5) is 0 Å². The van der Waals surface area contributed by atoms with Gasteiger partial charge >= 0.3 is 0 Å². The molecule has 1 rings (SSSR count). The van der Waals surface area contributed by atoms with Gasteiger partial charge in [0.25, 0.3) is 0 Å². The first-order valence-corrected chi connectivity index (χ1v) is 6.32. The predicted molar refractivity (Wildman–Crippen MR) is 63.9 cm³/mol. The second-order valence-corrected chi connectivity index (χ2v) is 5.29. The molecular weight excluding hydrogens is 186 g/mol. The van der Waals surface area contributed by atoms with Crippen molar-refractivity contribution >= 4 is 5.78 Å². The first-order chi connectivity index (χ1) is 7.09. The van der Waals surface area contributed by atoms with Gasteiger partial charge in [0.15, 0.2) is 0 Å². The molecule has 0 saturated carbocycles. The summed E-state index contributed by atoms with van der Waals surface area (Å²) in [4.78, 5) is 13.8. The molecule has 0 radical (unpaired) electrons. The van der Waals surface area contributed by atoms with Crippen molar-refractivity contribution in [3.05, 3.63) is 0 Å². The molecule has 1 unspecified atom stereocenters. The van der Waals surface area contributed by atoms with Gasteiger partial charge in [0.2, 0.25) is 0 Å². The SMILES string of the molecule is CC(=O)C1CCCN(CCCC(C)C)C1. The molecule has 0 aromatic rings. The van der Waals surface area contributed by atoms with Gasteiger partial charge in [0.05, 0.1) is 0 Å². The van der Waals surface area contributed by atoms with Gasteiger partial charge in [-0.3, -0.25) is 4.79 Å². The molecular formula is C13H25NO. The van der Waals surface area contributed by atoms with Crippen LogP contribution in [0.15, 0.2) is 0 Å². The van der Waals surface area contributed by atoms with Gasteiger partial charge in [-0.15, -0.1) is 0 Å². The molecule has 0 N–H and O–H groups in total. The highest BCUT2D eigenvalue weighted by molar-refractivity contribution is 5.78. The number of hydrogen-bond donors (Lipinski definition) is 0. The lowest BCUT2D eigenvalue weighted by atomic mass is 9.94. The van der Waals surface area contributed by atoms with Crippen LogP contribution in [0.5, 0.6) is 0 Å². The molecule has 0 aromatic carbocycles. The zero-order valence-electron chi connectivity index (χ0n) is 10.5. The standard InChI is InChI=1S/C13H25NO/c1-11(2)6-4-8-14-9-5-7-13(10-14)12(3)15/h11,13H,4-10H2,1-3H3. The summed E-state index contributed by atoms with van der Waals surface area (Å²) in [5.41, 5.74) is 0. The Morgan fingerprint density at radius 2 is 2.20 bits per heavy atom. The highest BCUT2D eigenvalue weighted by Crippen LogP contribution is 2.18. The molecule has 0 spiro atoms. The third kappa shape index (κ3) is 4.78. The van der Waals surface area contributed by atoms with Crippen LogP contribution in [-0.4, -0.2) is 30.3 Å². The predicted octanol–water partition coefficient (Wildman–Crippen LogP) is 2.72. The van der Waals surface area contributed by atoms with Crippen molar-refractivity contribution in [3.8, 4) is 0 Å². The van der Waals surface area contributed by atoms with Crippen molar-refractivity contribution in [1.82, 2.24) is 4.90 Å². The summed E-state index contributed by atoms with van der Waals surface area (Å²) in [6.45, 7) is 9.67. The van der Waals surface area contributed by atoms with E-state index < -0.39 is 0 Å². The van der Waals surface area contributed by atoms with E-state index in [0.29, 0.717) is 11.7 Å². The van der Waals surface area contributed by atoms with Crippen LogP contribution >= 0.6 is 0 Å². The van der Waals surface area contributed by atoms with Crippen LogP contribution in [0.25, 0.3) is 0 Å². The number of likely N-dealkylation sites (tertiary alicyclic amines) is 1. The van der Waals surface area contributed by atoms with Gasteiger partial charge in [-0.05, 0) is 51.6 Å². The van der Waals surface area contributed by atoms with Gasteiger partial charge in [-0.25, -0.2) is 0 Å². The summed E-state index contributed by atoms with van der Waals surface area (Å²) >= 11 is 0. The summed E-state index contributed by atoms with van der Waals surface area (Å²) in [6, 6.07) is 0. The van der Waals surface area contributed by atoms with Crippen molar-refractivity contribution in [2.45, 2.75) is 46.5 Å². The van der Waals surface area contributed by atoms with E-state index in [1.54, 1.807) is 6.92 Å². The number of Topliss-reactive ketones (excluding diaryl/α,β-unsaturated/α-hetero) is 1. The number of carbonyl (C=O) groups is 1. The molecule has 0 bridgehead atoms. The minimum absolute atomic E-state index is 0.317. The summed E-state index contributed by atoms with van der Waals surface area (Å²) in [7, 11) is 0. The van der Waals surface area contributed by atoms with Crippen molar-refractivity contribution in [1.29, 1.82) is 0 Å². The minimum Gasteiger partial charge on any atom is -0.303 e. The van der Waals surface area contributed by atoms with Gasteiger partial charge in [-0.2, -0.15) is 0 Å². The molecule has 1 heterocycles. The molecule has 0 aliphatic carbocycles. The van der Waals surface area contributed by atoms with Gasteiger partial charge in [-0.1, -0.05) is 13.8 Å². The number of hydrogen-bond acceptors (Lipinski definition) is 2. The minimum atomic E-state index is 0.317. The number of nitrogens with zero attached hydrogens (tertiary/aromatic N) is 1. The fourth-order valence-electron chi connectivity index (χ4n) is 2.31. The summed E-state index contributed by atoms with van der Waals surface area (Å²) in [5, 5.41) is 0. The van der Waals surface area contributed by atoms with Crippen molar-refractivity contribution in [2.75, 3.05) is 19.6 Å². The molecule has 1 aliphatic heterocycles. The van der Waals surface area contributed by atoms with Crippen LogP contribution in [0.1, 0.15) is 46.5 Å². The monoisotopic (exact) mass is 211 g/mol. The van der Waals surface area contributed by atoms with Gasteiger partial charge < -0.3 is 4.90 Å². The highest BCUT2D eigenvalue weighted by Gasteiger charge is 2.22. The van der Waals surface area contributed by atoms with Crippen LogP contribution in [0.2, 0.25) is 0 Å². The highest BCUT2D eigenvalue weighted by atomic mass is 16.1. The van der Waals surface area contributed by atoms with Crippen molar-refractivity contribution < 1.29 is 4.79 Å². The van der Waals surface area contributed by atoms with Crippen LogP contribution < -0.4 is 0 Å². The molecule has 1 saturated heterocycles. The maximum absolute atomic E-state index is 11.3. The Morgan fingerprint density at radius 3 is 2.80 bits per heavy atom. The van der Waals surface area contributed by atoms with E-state index in [4.69, 9.17) is 0 Å². The van der Waals surface area contributed by atoms with Crippen LogP contribution in [-0.2, 0) is 4.79 Å². The van der Waals surface area contributed by atoms with Crippen molar-refractivity contribution in [2.24, 2.45) is 11.8 Å². The largest absolute Gasteiger partial charge is 0.303 e. The summed E-state index contributed by atoms with van der Waals surface area (Å²) < 4.78 is 0. The fraction of sp³-hybridized carbons (Fsp3) is 0.923. The molecule has 2 nitrogen and oxygen atoms in total. The van der Waals surface area contributed by atoms with Gasteiger partial charge in [0, 0.05) is 12.5 Å². The normalized spacial score (nSPS) is 23.3. The van der Waals surface area contributed by atoms with Crippen molar-refractivity contribution in [3.63, 3.8) is 0 Å². The third-order valence-corrected chi connectivity index (χ3v) is 3.34. The molecule has 1 aliphatic rings. The Hall–Kier alpha value is -0.370. The third-order valence-electron chi connectivity index (χ3n) is 3.34. The van der Waals surface area contributed by atoms with Crippen LogP contribution in [0, 0.1) is 11.8 Å². The second kappa shape index (κ2) is 6.26. The molecule has 1 atom stereocenters. The summed E-state index contributed by atoms with van der Waals surface area (Å²) in [6.07, 6.45) is 4.89. The maximum atomic E-state index is 11.3. The second-order valence-electron chi connectivity index (χ2n) is 5.29. The van der Waals surface area contributed by atoms with E-state index in [9.17, 15) is 4.79 Å². The fourth-order valence-corrected chi connectivity index (χ4v) is 2.31. The zero-order valence-corrected chi connectivity index (χ0v) is 10.5. The maximum Gasteiger partial charge on any atom is 0.134 e. The van der Waals surface area contributed by atoms with Crippen LogP contribution in [0.3, 0.4) is 0 Å². The van der Waals surface area contributed by atoms with Gasteiger partial charge in [0.1, 0.15) is 5.78 Å². The summed E-state index contributed by atoms with van der Waals surface area (Å²) in [5.74, 6) is 1.50. The average Bonchev–Trinajstić information content (AvgIpc) is 2.17.